The van der Waals surface area contributed by atoms with Gasteiger partial charge in [0.15, 0.2) is 5.16 Å². The first-order valence-electron chi connectivity index (χ1n) is 7.81. The Labute approximate surface area is 149 Å². The normalized spacial score (nSPS) is 13.2. The van der Waals surface area contributed by atoms with Crippen molar-refractivity contribution in [1.29, 1.82) is 5.26 Å². The van der Waals surface area contributed by atoms with Crippen LogP contribution in [-0.4, -0.2) is 15.4 Å². The van der Waals surface area contributed by atoms with Crippen LogP contribution in [0.4, 0.5) is 5.69 Å². The Kier molecular flexibility index (Phi) is 4.00. The molecule has 122 valence electrons. The topological polar surface area (TPSA) is 61.9 Å². The number of hydrogen-bond acceptors (Lipinski definition) is 5. The molecule has 5 nitrogen and oxygen atoms in total. The Bertz CT molecular complexity index is 1010. The highest BCUT2D eigenvalue weighted by atomic mass is 32.2. The Hall–Kier alpha value is -3.04. The van der Waals surface area contributed by atoms with E-state index in [4.69, 9.17) is 0 Å². The maximum Gasteiger partial charge on any atom is 0.274 e. The van der Waals surface area contributed by atoms with Gasteiger partial charge in [0.25, 0.3) is 5.56 Å². The fourth-order valence-electron chi connectivity index (χ4n) is 2.82. The number of para-hydroxylation sites is 1. The van der Waals surface area contributed by atoms with Crippen LogP contribution in [0.15, 0.2) is 70.6 Å². The summed E-state index contributed by atoms with van der Waals surface area (Å²) in [5.41, 5.74) is 2.08. The minimum atomic E-state index is -0.292. The summed E-state index contributed by atoms with van der Waals surface area (Å²) in [5.74, 6) is 0.705. The van der Waals surface area contributed by atoms with Crippen LogP contribution in [0.3, 0.4) is 0 Å². The second kappa shape index (κ2) is 6.46. The minimum absolute atomic E-state index is 0.0884. The van der Waals surface area contributed by atoms with Crippen LogP contribution in [0.1, 0.15) is 5.56 Å². The monoisotopic (exact) mass is 346 g/mol. The van der Waals surface area contributed by atoms with E-state index in [1.807, 2.05) is 66.7 Å². The standard InChI is InChI=1S/C19H14N4OS/c20-11-16-17(14-7-3-1-4-8-14)21-19-23(18(16)24)12-22(13-25-19)15-9-5-2-6-10-15/h1-10H,12-13H2. The van der Waals surface area contributed by atoms with Gasteiger partial charge >= 0.3 is 0 Å². The van der Waals surface area contributed by atoms with Gasteiger partial charge in [-0.05, 0) is 12.1 Å². The summed E-state index contributed by atoms with van der Waals surface area (Å²) >= 11 is 1.50. The van der Waals surface area contributed by atoms with E-state index in [0.717, 1.165) is 11.3 Å². The minimum Gasteiger partial charge on any atom is -0.343 e. The van der Waals surface area contributed by atoms with Gasteiger partial charge in [-0.1, -0.05) is 60.3 Å². The zero-order valence-electron chi connectivity index (χ0n) is 13.3. The van der Waals surface area contributed by atoms with Crippen LogP contribution in [0, 0.1) is 11.3 Å². The third-order valence-electron chi connectivity index (χ3n) is 4.08. The summed E-state index contributed by atoms with van der Waals surface area (Å²) in [5, 5.41) is 10.2. The lowest BCUT2D eigenvalue weighted by Crippen LogP contribution is -2.38. The molecule has 6 heteroatoms. The van der Waals surface area contributed by atoms with Gasteiger partial charge in [-0.15, -0.1) is 0 Å². The number of nitrogens with zero attached hydrogens (tertiary/aromatic N) is 4. The first-order valence-corrected chi connectivity index (χ1v) is 8.79. The second-order valence-electron chi connectivity index (χ2n) is 5.62. The van der Waals surface area contributed by atoms with E-state index in [2.05, 4.69) is 9.88 Å². The van der Waals surface area contributed by atoms with Gasteiger partial charge in [0.2, 0.25) is 0 Å². The second-order valence-corrected chi connectivity index (χ2v) is 6.53. The van der Waals surface area contributed by atoms with Crippen LogP contribution >= 0.6 is 11.8 Å². The number of hydrogen-bond donors (Lipinski definition) is 0. The van der Waals surface area contributed by atoms with Gasteiger partial charge in [-0.3, -0.25) is 9.36 Å². The molecule has 0 amide bonds. The highest BCUT2D eigenvalue weighted by Crippen LogP contribution is 2.29. The molecule has 0 spiro atoms. The number of anilines is 1. The molecule has 2 heterocycles. The largest absolute Gasteiger partial charge is 0.343 e. The maximum atomic E-state index is 12.9. The van der Waals surface area contributed by atoms with Crippen LogP contribution < -0.4 is 10.5 Å². The summed E-state index contributed by atoms with van der Waals surface area (Å²) in [7, 11) is 0. The van der Waals surface area contributed by atoms with E-state index >= 15 is 0 Å². The highest BCUT2D eigenvalue weighted by molar-refractivity contribution is 7.99. The zero-order chi connectivity index (χ0) is 17.2. The van der Waals surface area contributed by atoms with Crippen LogP contribution in [0.2, 0.25) is 0 Å². The highest BCUT2D eigenvalue weighted by Gasteiger charge is 2.23. The molecule has 1 aliphatic rings. The van der Waals surface area contributed by atoms with Gasteiger partial charge in [0.1, 0.15) is 18.3 Å². The Morgan fingerprint density at radius 2 is 1.72 bits per heavy atom. The van der Waals surface area contributed by atoms with Crippen LogP contribution in [-0.2, 0) is 6.67 Å². The van der Waals surface area contributed by atoms with Crippen molar-refractivity contribution in [3.05, 3.63) is 76.6 Å². The van der Waals surface area contributed by atoms with Crippen LogP contribution in [0.25, 0.3) is 11.3 Å². The summed E-state index contributed by atoms with van der Waals surface area (Å²) in [6.07, 6.45) is 0. The lowest BCUT2D eigenvalue weighted by atomic mass is 10.1. The fraction of sp³-hybridized carbons (Fsp3) is 0.105. The van der Waals surface area contributed by atoms with Crippen molar-refractivity contribution in [2.24, 2.45) is 0 Å². The molecule has 0 N–H and O–H groups in total. The molecule has 0 saturated carbocycles. The molecule has 25 heavy (non-hydrogen) atoms. The predicted molar refractivity (Wildman–Crippen MR) is 98.3 cm³/mol. The Morgan fingerprint density at radius 1 is 1.04 bits per heavy atom. The van der Waals surface area contributed by atoms with Gasteiger partial charge in [-0.2, -0.15) is 5.26 Å². The van der Waals surface area contributed by atoms with E-state index in [-0.39, 0.29) is 11.1 Å². The summed E-state index contributed by atoms with van der Waals surface area (Å²) in [6.45, 7) is 0.391. The number of nitriles is 1. The molecule has 0 aliphatic carbocycles. The average Bonchev–Trinajstić information content (AvgIpc) is 2.69. The first-order chi connectivity index (χ1) is 12.3. The molecule has 0 bridgehead atoms. The first kappa shape index (κ1) is 15.5. The molecule has 0 unspecified atom stereocenters. The lowest BCUT2D eigenvalue weighted by Gasteiger charge is -2.30. The quantitative estimate of drug-likeness (QED) is 0.666. The van der Waals surface area contributed by atoms with Crippen molar-refractivity contribution in [1.82, 2.24) is 9.55 Å². The Balaban J connectivity index is 1.81. The lowest BCUT2D eigenvalue weighted by molar-refractivity contribution is 0.560. The van der Waals surface area contributed by atoms with Crippen molar-refractivity contribution < 1.29 is 0 Å². The predicted octanol–water partition coefficient (Wildman–Crippen LogP) is 3.31. The number of rotatable bonds is 2. The molecule has 0 atom stereocenters. The smallest absolute Gasteiger partial charge is 0.274 e. The van der Waals surface area contributed by atoms with Crippen molar-refractivity contribution in [3.8, 4) is 17.3 Å². The maximum absolute atomic E-state index is 12.9. The number of aromatic nitrogens is 2. The van der Waals surface area contributed by atoms with Gasteiger partial charge < -0.3 is 4.90 Å². The Morgan fingerprint density at radius 3 is 2.40 bits per heavy atom. The molecule has 0 radical (unpaired) electrons. The van der Waals surface area contributed by atoms with Gasteiger partial charge in [0.05, 0.1) is 11.6 Å². The average molecular weight is 346 g/mol. The molecule has 1 aliphatic heterocycles. The van der Waals surface area contributed by atoms with Gasteiger partial charge in [0, 0.05) is 11.3 Å². The molecule has 0 saturated heterocycles. The fourth-order valence-corrected chi connectivity index (χ4v) is 3.77. The number of fused-ring (bicyclic) bond motifs is 1. The van der Waals surface area contributed by atoms with Crippen molar-refractivity contribution in [2.75, 3.05) is 10.8 Å². The molecule has 1 aromatic heterocycles. The summed E-state index contributed by atoms with van der Waals surface area (Å²) in [4.78, 5) is 19.6. The third kappa shape index (κ3) is 2.79. The summed E-state index contributed by atoms with van der Waals surface area (Å²) in [6, 6.07) is 21.3. The van der Waals surface area contributed by atoms with Crippen molar-refractivity contribution >= 4 is 17.4 Å². The van der Waals surface area contributed by atoms with E-state index < -0.39 is 0 Å². The molecule has 3 aromatic rings. The molecular weight excluding hydrogens is 332 g/mol. The third-order valence-corrected chi connectivity index (χ3v) is 5.09. The van der Waals surface area contributed by atoms with E-state index in [1.54, 1.807) is 4.57 Å². The molecular formula is C19H14N4OS. The van der Waals surface area contributed by atoms with Crippen molar-refractivity contribution in [3.63, 3.8) is 0 Å². The van der Waals surface area contributed by atoms with Crippen LogP contribution in [0.5, 0.6) is 0 Å². The van der Waals surface area contributed by atoms with Gasteiger partial charge in [-0.25, -0.2) is 4.98 Å². The SMILES string of the molecule is N#Cc1c(-c2ccccc2)nc2n(c1=O)CN(c1ccccc1)CS2. The van der Waals surface area contributed by atoms with E-state index in [1.165, 1.54) is 11.8 Å². The number of benzene rings is 2. The summed E-state index contributed by atoms with van der Waals surface area (Å²) < 4.78 is 1.58. The zero-order valence-corrected chi connectivity index (χ0v) is 14.1. The molecule has 2 aromatic carbocycles. The number of thioether (sulfide) groups is 1. The van der Waals surface area contributed by atoms with E-state index in [9.17, 15) is 10.1 Å². The van der Waals surface area contributed by atoms with E-state index in [0.29, 0.717) is 23.4 Å². The molecule has 0 fully saturated rings. The molecule has 4 rings (SSSR count). The van der Waals surface area contributed by atoms with Crippen molar-refractivity contribution in [2.45, 2.75) is 11.8 Å².